The molecule has 116 valence electrons. The molecule has 0 aromatic carbocycles. The lowest BCUT2D eigenvalue weighted by Gasteiger charge is -2.35. The first-order valence-corrected chi connectivity index (χ1v) is 8.16. The molecule has 4 nitrogen and oxygen atoms in total. The van der Waals surface area contributed by atoms with Gasteiger partial charge in [-0.25, -0.2) is 0 Å². The molecule has 2 aliphatic rings. The van der Waals surface area contributed by atoms with Crippen LogP contribution in [-0.4, -0.2) is 61.5 Å². The summed E-state index contributed by atoms with van der Waals surface area (Å²) in [6.45, 7) is 7.44. The largest absolute Gasteiger partial charge is 0.348 e. The molecular formula is C16H31N3O. The van der Waals surface area contributed by atoms with E-state index in [4.69, 9.17) is 0 Å². The molecule has 0 aromatic heterocycles. The fourth-order valence-corrected chi connectivity index (χ4v) is 3.49. The zero-order valence-corrected chi connectivity index (χ0v) is 13.6. The number of rotatable bonds is 4. The molecule has 1 aliphatic carbocycles. The van der Waals surface area contributed by atoms with Crippen molar-refractivity contribution < 1.29 is 4.79 Å². The molecule has 2 fully saturated rings. The lowest BCUT2D eigenvalue weighted by atomic mass is 9.96. The molecule has 0 radical (unpaired) electrons. The summed E-state index contributed by atoms with van der Waals surface area (Å²) in [5, 5.41) is 3.87. The lowest BCUT2D eigenvalue weighted by Crippen LogP contribution is -2.49. The van der Waals surface area contributed by atoms with Gasteiger partial charge in [-0.05, 0) is 37.5 Å². The first kappa shape index (κ1) is 15.8. The summed E-state index contributed by atoms with van der Waals surface area (Å²) in [5.41, 5.74) is 0. The first-order valence-electron chi connectivity index (χ1n) is 8.16. The highest BCUT2D eigenvalue weighted by atomic mass is 16.2. The molecule has 1 heterocycles. The quantitative estimate of drug-likeness (QED) is 0.849. The van der Waals surface area contributed by atoms with Crippen LogP contribution in [0.1, 0.15) is 39.5 Å². The maximum Gasteiger partial charge on any atom is 0.236 e. The number of carbonyl (C=O) groups is 1. The van der Waals surface area contributed by atoms with Crippen molar-refractivity contribution in [3.8, 4) is 0 Å². The van der Waals surface area contributed by atoms with Gasteiger partial charge in [-0.1, -0.05) is 13.8 Å². The number of nitrogens with zero attached hydrogens (tertiary/aromatic N) is 2. The molecule has 1 amide bonds. The van der Waals surface area contributed by atoms with Crippen LogP contribution in [0.15, 0.2) is 0 Å². The maximum atomic E-state index is 11.7. The van der Waals surface area contributed by atoms with Crippen LogP contribution >= 0.6 is 0 Å². The molecule has 1 aliphatic heterocycles. The Kier molecular flexibility index (Phi) is 5.44. The Morgan fingerprint density at radius 1 is 1.15 bits per heavy atom. The highest BCUT2D eigenvalue weighted by Gasteiger charge is 2.32. The number of hydrogen-bond donors (Lipinski definition) is 1. The van der Waals surface area contributed by atoms with E-state index in [1.807, 2.05) is 14.1 Å². The summed E-state index contributed by atoms with van der Waals surface area (Å²) in [5.74, 6) is 1.89. The summed E-state index contributed by atoms with van der Waals surface area (Å²) < 4.78 is 0. The second-order valence-corrected chi connectivity index (χ2v) is 7.03. The van der Waals surface area contributed by atoms with E-state index in [0.717, 1.165) is 24.9 Å². The lowest BCUT2D eigenvalue weighted by molar-refractivity contribution is -0.130. The third-order valence-corrected chi connectivity index (χ3v) is 5.36. The Labute approximate surface area is 123 Å². The minimum atomic E-state index is 0.217. The van der Waals surface area contributed by atoms with Crippen molar-refractivity contribution in [2.75, 3.05) is 33.7 Å². The van der Waals surface area contributed by atoms with Crippen LogP contribution in [0.5, 0.6) is 0 Å². The van der Waals surface area contributed by atoms with Crippen molar-refractivity contribution in [3.63, 3.8) is 0 Å². The molecule has 2 rings (SSSR count). The first-order chi connectivity index (χ1) is 9.47. The van der Waals surface area contributed by atoms with Crippen LogP contribution < -0.4 is 5.32 Å². The average Bonchev–Trinajstić information content (AvgIpc) is 2.73. The van der Waals surface area contributed by atoms with Gasteiger partial charge in [-0.15, -0.1) is 0 Å². The second kappa shape index (κ2) is 6.90. The number of carbonyl (C=O) groups excluding carboxylic acids is 1. The van der Waals surface area contributed by atoms with Crippen LogP contribution in [0.4, 0.5) is 0 Å². The van der Waals surface area contributed by atoms with Crippen molar-refractivity contribution in [3.05, 3.63) is 0 Å². The van der Waals surface area contributed by atoms with Crippen molar-refractivity contribution in [2.45, 2.75) is 51.6 Å². The molecular weight excluding hydrogens is 250 g/mol. The summed E-state index contributed by atoms with van der Waals surface area (Å²) in [7, 11) is 3.67. The molecule has 4 heteroatoms. The van der Waals surface area contributed by atoms with Gasteiger partial charge in [0.15, 0.2) is 0 Å². The van der Waals surface area contributed by atoms with Gasteiger partial charge in [0, 0.05) is 39.3 Å². The van der Waals surface area contributed by atoms with Crippen molar-refractivity contribution in [1.82, 2.24) is 15.1 Å². The van der Waals surface area contributed by atoms with Crippen LogP contribution in [0.3, 0.4) is 0 Å². The zero-order valence-electron chi connectivity index (χ0n) is 13.6. The highest BCUT2D eigenvalue weighted by Crippen LogP contribution is 2.31. The van der Waals surface area contributed by atoms with Crippen molar-refractivity contribution in [2.24, 2.45) is 11.8 Å². The van der Waals surface area contributed by atoms with Crippen LogP contribution in [-0.2, 0) is 4.79 Å². The van der Waals surface area contributed by atoms with E-state index in [0.29, 0.717) is 18.6 Å². The Hall–Kier alpha value is -0.610. The second-order valence-electron chi connectivity index (χ2n) is 7.03. The molecule has 0 bridgehead atoms. The predicted octanol–water partition coefficient (Wildman–Crippen LogP) is 1.56. The van der Waals surface area contributed by atoms with Crippen LogP contribution in [0, 0.1) is 11.8 Å². The average molecular weight is 281 g/mol. The van der Waals surface area contributed by atoms with Gasteiger partial charge in [0.1, 0.15) is 0 Å². The number of likely N-dealkylation sites (tertiary alicyclic amines) is 1. The van der Waals surface area contributed by atoms with E-state index < -0.39 is 0 Å². The number of likely N-dealkylation sites (N-methyl/N-ethyl adjacent to an activating group) is 1. The molecule has 3 atom stereocenters. The topological polar surface area (TPSA) is 35.6 Å². The van der Waals surface area contributed by atoms with E-state index in [-0.39, 0.29) is 5.91 Å². The minimum absolute atomic E-state index is 0.217. The van der Waals surface area contributed by atoms with Crippen LogP contribution in [0.25, 0.3) is 0 Å². The molecule has 1 saturated carbocycles. The van der Waals surface area contributed by atoms with Gasteiger partial charge in [0.05, 0.1) is 6.54 Å². The summed E-state index contributed by atoms with van der Waals surface area (Å²) in [6, 6.07) is 1.36. The fraction of sp³-hybridized carbons (Fsp3) is 0.938. The SMILES string of the molecule is CC1CCC(NC2CCN(CC(=O)N(C)C)CC2)C1C. The van der Waals surface area contributed by atoms with Gasteiger partial charge in [0.2, 0.25) is 5.91 Å². The third kappa shape index (κ3) is 3.95. The van der Waals surface area contributed by atoms with Gasteiger partial charge < -0.3 is 10.2 Å². The zero-order chi connectivity index (χ0) is 14.7. The monoisotopic (exact) mass is 281 g/mol. The summed E-state index contributed by atoms with van der Waals surface area (Å²) in [4.78, 5) is 15.7. The molecule has 1 saturated heterocycles. The van der Waals surface area contributed by atoms with E-state index in [2.05, 4.69) is 24.1 Å². The Morgan fingerprint density at radius 3 is 2.30 bits per heavy atom. The molecule has 20 heavy (non-hydrogen) atoms. The Morgan fingerprint density at radius 2 is 1.80 bits per heavy atom. The summed E-state index contributed by atoms with van der Waals surface area (Å²) >= 11 is 0. The number of piperidine rings is 1. The Bertz CT molecular complexity index is 324. The fourth-order valence-electron chi connectivity index (χ4n) is 3.49. The molecule has 1 N–H and O–H groups in total. The standard InChI is InChI=1S/C16H31N3O/c1-12-5-6-15(13(12)2)17-14-7-9-19(10-8-14)11-16(20)18(3)4/h12-15,17H,5-11H2,1-4H3. The predicted molar refractivity (Wildman–Crippen MR) is 82.6 cm³/mol. The normalized spacial score (nSPS) is 32.5. The van der Waals surface area contributed by atoms with Gasteiger partial charge in [-0.3, -0.25) is 9.69 Å². The summed E-state index contributed by atoms with van der Waals surface area (Å²) in [6.07, 6.45) is 5.06. The third-order valence-electron chi connectivity index (χ3n) is 5.36. The maximum absolute atomic E-state index is 11.7. The van der Waals surface area contributed by atoms with Crippen molar-refractivity contribution >= 4 is 5.91 Å². The van der Waals surface area contributed by atoms with E-state index >= 15 is 0 Å². The molecule has 3 unspecified atom stereocenters. The van der Waals surface area contributed by atoms with Crippen molar-refractivity contribution in [1.29, 1.82) is 0 Å². The van der Waals surface area contributed by atoms with E-state index in [9.17, 15) is 4.79 Å². The van der Waals surface area contributed by atoms with Crippen LogP contribution in [0.2, 0.25) is 0 Å². The van der Waals surface area contributed by atoms with Gasteiger partial charge in [-0.2, -0.15) is 0 Å². The molecule has 0 spiro atoms. The minimum Gasteiger partial charge on any atom is -0.348 e. The van der Waals surface area contributed by atoms with E-state index in [1.165, 1.54) is 25.7 Å². The Balaban J connectivity index is 1.70. The number of nitrogens with one attached hydrogen (secondary N) is 1. The smallest absolute Gasteiger partial charge is 0.236 e. The van der Waals surface area contributed by atoms with E-state index in [1.54, 1.807) is 4.90 Å². The molecule has 0 aromatic rings. The van der Waals surface area contributed by atoms with Gasteiger partial charge >= 0.3 is 0 Å². The number of hydrogen-bond acceptors (Lipinski definition) is 3. The highest BCUT2D eigenvalue weighted by molar-refractivity contribution is 5.77. The number of amides is 1. The van der Waals surface area contributed by atoms with Gasteiger partial charge in [0.25, 0.3) is 0 Å².